The van der Waals surface area contributed by atoms with Crippen LogP contribution in [-0.4, -0.2) is 29.6 Å². The third-order valence-corrected chi connectivity index (χ3v) is 5.26. The molecule has 1 aliphatic carbocycles. The summed E-state index contributed by atoms with van der Waals surface area (Å²) in [5.41, 5.74) is 3.13. The van der Waals surface area contributed by atoms with Crippen molar-refractivity contribution in [2.24, 2.45) is 21.1 Å². The Morgan fingerprint density at radius 2 is 2.16 bits per heavy atom. The molecule has 0 saturated carbocycles. The lowest BCUT2D eigenvalue weighted by atomic mass is 9.86. The van der Waals surface area contributed by atoms with Gasteiger partial charge in [0.2, 0.25) is 0 Å². The Bertz CT molecular complexity index is 1140. The molecule has 4 rings (SSSR count). The van der Waals surface area contributed by atoms with Crippen LogP contribution in [0.1, 0.15) is 12.5 Å². The van der Waals surface area contributed by atoms with Gasteiger partial charge in [0.05, 0.1) is 17.3 Å². The average molecular weight is 439 g/mol. The van der Waals surface area contributed by atoms with Crippen LogP contribution in [0.5, 0.6) is 5.75 Å². The van der Waals surface area contributed by atoms with E-state index in [-0.39, 0.29) is 24.4 Å². The Morgan fingerprint density at radius 3 is 2.94 bits per heavy atom. The fourth-order valence-corrected chi connectivity index (χ4v) is 3.76. The molecule has 2 aliphatic rings. The maximum atomic E-state index is 13.3. The number of allylic oxidation sites excluding steroid dienone is 2. The molecule has 1 heterocycles. The van der Waals surface area contributed by atoms with Gasteiger partial charge in [-0.05, 0) is 47.5 Å². The number of fused-ring (bicyclic) bond motifs is 1. The predicted molar refractivity (Wildman–Crippen MR) is 121 cm³/mol. The van der Waals surface area contributed by atoms with Crippen LogP contribution in [0.25, 0.3) is 0 Å². The summed E-state index contributed by atoms with van der Waals surface area (Å²) in [5, 5.41) is 15.7. The van der Waals surface area contributed by atoms with Crippen LogP contribution >= 0.6 is 11.6 Å². The first-order valence-electron chi connectivity index (χ1n) is 9.68. The van der Waals surface area contributed by atoms with E-state index < -0.39 is 0 Å². The van der Waals surface area contributed by atoms with E-state index in [2.05, 4.69) is 20.5 Å². The summed E-state index contributed by atoms with van der Waals surface area (Å²) in [6.07, 6.45) is 6.82. The monoisotopic (exact) mass is 438 g/mol. The molecule has 1 aliphatic heterocycles. The highest BCUT2D eigenvalue weighted by atomic mass is 35.5. The number of rotatable bonds is 5. The molecule has 1 unspecified atom stereocenters. The fourth-order valence-electron chi connectivity index (χ4n) is 3.52. The normalized spacial score (nSPS) is 20.0. The lowest BCUT2D eigenvalue weighted by Crippen LogP contribution is -2.32. The van der Waals surface area contributed by atoms with Crippen LogP contribution in [-0.2, 0) is 6.61 Å². The molecule has 2 N–H and O–H groups in total. The minimum absolute atomic E-state index is 0.0693. The van der Waals surface area contributed by atoms with Crippen LogP contribution < -0.4 is 10.1 Å². The SMILES string of the molecule is C[C@H]1C=C(/C=N/O)C=C2C(Nc3ccc(OCc4cccc(F)c4)c(Cl)c3)=NC=NC21. The van der Waals surface area contributed by atoms with E-state index in [0.29, 0.717) is 22.2 Å². The molecule has 0 radical (unpaired) electrons. The summed E-state index contributed by atoms with van der Waals surface area (Å²) in [5.74, 6) is 0.958. The van der Waals surface area contributed by atoms with E-state index in [9.17, 15) is 4.39 Å². The molecule has 2 atom stereocenters. The third-order valence-electron chi connectivity index (χ3n) is 4.97. The van der Waals surface area contributed by atoms with Gasteiger partial charge in [-0.2, -0.15) is 0 Å². The summed E-state index contributed by atoms with van der Waals surface area (Å²) in [4.78, 5) is 8.84. The summed E-state index contributed by atoms with van der Waals surface area (Å²) in [7, 11) is 0. The molecule has 6 nitrogen and oxygen atoms in total. The number of anilines is 1. The lowest BCUT2D eigenvalue weighted by molar-refractivity contribution is 0.306. The van der Waals surface area contributed by atoms with E-state index in [0.717, 1.165) is 16.8 Å². The zero-order valence-corrected chi connectivity index (χ0v) is 17.4. The van der Waals surface area contributed by atoms with Crippen molar-refractivity contribution in [2.45, 2.75) is 19.6 Å². The number of amidine groups is 1. The number of benzene rings is 2. The van der Waals surface area contributed by atoms with E-state index in [1.54, 1.807) is 24.3 Å². The summed E-state index contributed by atoms with van der Waals surface area (Å²) in [6, 6.07) is 11.5. The van der Waals surface area contributed by atoms with Crippen molar-refractivity contribution in [2.75, 3.05) is 5.32 Å². The Morgan fingerprint density at radius 1 is 1.29 bits per heavy atom. The Balaban J connectivity index is 1.49. The van der Waals surface area contributed by atoms with E-state index in [4.69, 9.17) is 21.5 Å². The van der Waals surface area contributed by atoms with E-state index in [1.165, 1.54) is 24.7 Å². The number of hydrogen-bond acceptors (Lipinski definition) is 6. The predicted octanol–water partition coefficient (Wildman–Crippen LogP) is 5.24. The van der Waals surface area contributed by atoms with Gasteiger partial charge in [-0.1, -0.05) is 41.9 Å². The van der Waals surface area contributed by atoms with Crippen molar-refractivity contribution in [3.05, 3.63) is 82.2 Å². The average Bonchev–Trinajstić information content (AvgIpc) is 2.74. The Hall–Kier alpha value is -3.45. The number of oxime groups is 1. The number of ether oxygens (including phenoxy) is 1. The second kappa shape index (κ2) is 9.14. The first-order valence-corrected chi connectivity index (χ1v) is 10.1. The second-order valence-corrected chi connectivity index (χ2v) is 7.65. The molecular weight excluding hydrogens is 419 g/mol. The molecule has 0 saturated heterocycles. The smallest absolute Gasteiger partial charge is 0.138 e. The van der Waals surface area contributed by atoms with Gasteiger partial charge in [0.15, 0.2) is 0 Å². The van der Waals surface area contributed by atoms with Crippen molar-refractivity contribution in [3.63, 3.8) is 0 Å². The van der Waals surface area contributed by atoms with Crippen molar-refractivity contribution in [1.82, 2.24) is 0 Å². The number of hydrogen-bond donors (Lipinski definition) is 2. The summed E-state index contributed by atoms with van der Waals surface area (Å²) < 4.78 is 19.0. The topological polar surface area (TPSA) is 78.6 Å². The molecule has 31 heavy (non-hydrogen) atoms. The van der Waals surface area contributed by atoms with Crippen LogP contribution in [0.3, 0.4) is 0 Å². The highest BCUT2D eigenvalue weighted by Crippen LogP contribution is 2.31. The van der Waals surface area contributed by atoms with Gasteiger partial charge in [0.1, 0.15) is 30.3 Å². The van der Waals surface area contributed by atoms with Crippen molar-refractivity contribution < 1.29 is 14.3 Å². The molecular formula is C23H20ClFN4O2. The van der Waals surface area contributed by atoms with Crippen molar-refractivity contribution in [1.29, 1.82) is 0 Å². The molecule has 0 bridgehead atoms. The van der Waals surface area contributed by atoms with Crippen molar-refractivity contribution in [3.8, 4) is 5.75 Å². The van der Waals surface area contributed by atoms with Gasteiger partial charge in [-0.15, -0.1) is 0 Å². The van der Waals surface area contributed by atoms with Gasteiger partial charge in [0, 0.05) is 17.2 Å². The number of nitrogens with one attached hydrogen (secondary N) is 1. The molecule has 2 aromatic carbocycles. The molecule has 0 fully saturated rings. The molecule has 158 valence electrons. The fraction of sp³-hybridized carbons (Fsp3) is 0.174. The first kappa shape index (κ1) is 20.8. The van der Waals surface area contributed by atoms with E-state index >= 15 is 0 Å². The van der Waals surface area contributed by atoms with Gasteiger partial charge in [-0.25, -0.2) is 9.38 Å². The van der Waals surface area contributed by atoms with Crippen LogP contribution in [0.2, 0.25) is 5.02 Å². The molecule has 8 heteroatoms. The minimum atomic E-state index is -0.309. The largest absolute Gasteiger partial charge is 0.487 e. The Kier molecular flexibility index (Phi) is 6.13. The summed E-state index contributed by atoms with van der Waals surface area (Å²) >= 11 is 6.40. The zero-order valence-electron chi connectivity index (χ0n) is 16.7. The molecule has 2 aromatic rings. The highest BCUT2D eigenvalue weighted by Gasteiger charge is 2.28. The molecule has 0 spiro atoms. The van der Waals surface area contributed by atoms with Gasteiger partial charge < -0.3 is 15.3 Å². The van der Waals surface area contributed by atoms with Crippen LogP contribution in [0, 0.1) is 11.7 Å². The Labute approximate surface area is 184 Å². The summed E-state index contributed by atoms with van der Waals surface area (Å²) in [6.45, 7) is 2.26. The minimum Gasteiger partial charge on any atom is -0.487 e. The number of aliphatic imine (C=N–C) groups is 2. The second-order valence-electron chi connectivity index (χ2n) is 7.25. The zero-order chi connectivity index (χ0) is 21.8. The number of nitrogens with zero attached hydrogens (tertiary/aromatic N) is 3. The first-order chi connectivity index (χ1) is 15.0. The number of halogens is 2. The lowest BCUT2D eigenvalue weighted by Gasteiger charge is -2.28. The molecule has 0 amide bonds. The van der Waals surface area contributed by atoms with Crippen molar-refractivity contribution >= 4 is 35.7 Å². The maximum Gasteiger partial charge on any atom is 0.138 e. The quantitative estimate of drug-likeness (QED) is 0.380. The van der Waals surface area contributed by atoms with Gasteiger partial charge >= 0.3 is 0 Å². The maximum absolute atomic E-state index is 13.3. The van der Waals surface area contributed by atoms with Crippen LogP contribution in [0.4, 0.5) is 10.1 Å². The van der Waals surface area contributed by atoms with Gasteiger partial charge in [0.25, 0.3) is 0 Å². The van der Waals surface area contributed by atoms with Crippen LogP contribution in [0.15, 0.2) is 80.9 Å². The molecule has 0 aromatic heterocycles. The van der Waals surface area contributed by atoms with Gasteiger partial charge in [-0.3, -0.25) is 4.99 Å². The highest BCUT2D eigenvalue weighted by molar-refractivity contribution is 6.32. The van der Waals surface area contributed by atoms with E-state index in [1.807, 2.05) is 25.1 Å². The standard InChI is InChI=1S/C23H20ClFN4O2/c1-14-7-16(11-28-30)9-19-22(14)26-13-27-23(19)29-18-5-6-21(20(24)10-18)31-12-15-3-2-4-17(25)8-15/h2-11,13-14,22,30H,12H2,1H3,(H,26,27,29)/b28-11+/t14-,22?/m0/s1. The third kappa shape index (κ3) is 4.83.